The van der Waals surface area contributed by atoms with E-state index in [9.17, 15) is 0 Å². The molecule has 1 saturated carbocycles. The molecule has 2 heteroatoms. The van der Waals surface area contributed by atoms with Gasteiger partial charge in [-0.3, -0.25) is 0 Å². The summed E-state index contributed by atoms with van der Waals surface area (Å²) in [5.74, 6) is 0.837. The van der Waals surface area contributed by atoms with Crippen molar-refractivity contribution in [1.29, 1.82) is 0 Å². The van der Waals surface area contributed by atoms with E-state index in [2.05, 4.69) is 59.1 Å². The van der Waals surface area contributed by atoms with Gasteiger partial charge < -0.3 is 5.32 Å². The van der Waals surface area contributed by atoms with Gasteiger partial charge in [0.15, 0.2) is 0 Å². The normalized spacial score (nSPS) is 18.8. The Kier molecular flexibility index (Phi) is 5.96. The maximum atomic E-state index is 3.78. The largest absolute Gasteiger partial charge is 0.310 e. The summed E-state index contributed by atoms with van der Waals surface area (Å²) >= 11 is 2.42. The van der Waals surface area contributed by atoms with Crippen LogP contribution >= 0.6 is 22.6 Å². The number of benzene rings is 1. The number of hydrogen-bond donors (Lipinski definition) is 1. The second kappa shape index (κ2) is 7.49. The molecule has 0 heterocycles. The Labute approximate surface area is 125 Å². The molecular weight excluding hydrogens is 333 g/mol. The Morgan fingerprint density at radius 1 is 1.28 bits per heavy atom. The fraction of sp³-hybridized carbons (Fsp3) is 0.625. The van der Waals surface area contributed by atoms with Crippen molar-refractivity contribution in [2.75, 3.05) is 6.54 Å². The summed E-state index contributed by atoms with van der Waals surface area (Å²) < 4.78 is 1.35. The van der Waals surface area contributed by atoms with E-state index >= 15 is 0 Å². The quantitative estimate of drug-likeness (QED) is 0.738. The summed E-state index contributed by atoms with van der Waals surface area (Å²) in [7, 11) is 0. The maximum Gasteiger partial charge on any atom is 0.0349 e. The molecule has 0 aromatic heterocycles. The molecule has 0 bridgehead atoms. The van der Waals surface area contributed by atoms with Crippen molar-refractivity contribution in [2.45, 2.75) is 51.5 Å². The highest BCUT2D eigenvalue weighted by atomic mass is 127. The molecule has 0 saturated heterocycles. The lowest BCUT2D eigenvalue weighted by atomic mass is 9.81. The zero-order valence-corrected chi connectivity index (χ0v) is 13.4. The fourth-order valence-corrected chi connectivity index (χ4v) is 3.59. The molecule has 0 radical (unpaired) electrons. The first-order valence-electron chi connectivity index (χ1n) is 7.30. The van der Waals surface area contributed by atoms with Gasteiger partial charge in [0.05, 0.1) is 0 Å². The highest BCUT2D eigenvalue weighted by Gasteiger charge is 2.24. The average molecular weight is 357 g/mol. The van der Waals surface area contributed by atoms with E-state index in [1.54, 1.807) is 0 Å². The molecular formula is C16H24IN. The number of halogens is 1. The summed E-state index contributed by atoms with van der Waals surface area (Å²) in [5.41, 5.74) is 1.49. The monoisotopic (exact) mass is 357 g/mol. The molecule has 1 aliphatic rings. The summed E-state index contributed by atoms with van der Waals surface area (Å²) in [5, 5.41) is 3.78. The van der Waals surface area contributed by atoms with Gasteiger partial charge in [0.2, 0.25) is 0 Å². The van der Waals surface area contributed by atoms with E-state index in [0.717, 1.165) is 12.5 Å². The number of rotatable bonds is 5. The van der Waals surface area contributed by atoms with Crippen molar-refractivity contribution in [1.82, 2.24) is 5.32 Å². The third kappa shape index (κ3) is 3.95. The van der Waals surface area contributed by atoms with E-state index in [-0.39, 0.29) is 0 Å². The lowest BCUT2D eigenvalue weighted by Crippen LogP contribution is -2.30. The molecule has 1 aliphatic carbocycles. The van der Waals surface area contributed by atoms with Crippen LogP contribution in [0.25, 0.3) is 0 Å². The molecule has 1 N–H and O–H groups in total. The van der Waals surface area contributed by atoms with Crippen LogP contribution in [-0.4, -0.2) is 6.54 Å². The molecule has 2 rings (SSSR count). The minimum Gasteiger partial charge on any atom is -0.310 e. The van der Waals surface area contributed by atoms with Crippen LogP contribution in [-0.2, 0) is 0 Å². The molecule has 0 spiro atoms. The second-order valence-electron chi connectivity index (χ2n) is 5.38. The first-order chi connectivity index (χ1) is 8.81. The predicted octanol–water partition coefficient (Wildman–Crippen LogP) is 4.91. The summed E-state index contributed by atoms with van der Waals surface area (Å²) in [4.78, 5) is 0. The summed E-state index contributed by atoms with van der Waals surface area (Å²) in [6, 6.07) is 9.59. The SMILES string of the molecule is CCCNC(c1cccc(I)c1)C1CCCCC1. The van der Waals surface area contributed by atoms with E-state index in [4.69, 9.17) is 0 Å². The minimum absolute atomic E-state index is 0.569. The zero-order valence-electron chi connectivity index (χ0n) is 11.3. The van der Waals surface area contributed by atoms with Gasteiger partial charge in [-0.25, -0.2) is 0 Å². The van der Waals surface area contributed by atoms with Gasteiger partial charge in [-0.2, -0.15) is 0 Å². The standard InChI is InChI=1S/C16H24IN/c1-2-11-18-16(13-7-4-3-5-8-13)14-9-6-10-15(17)12-14/h6,9-10,12-13,16,18H,2-5,7-8,11H2,1H3. The van der Waals surface area contributed by atoms with Crippen LogP contribution in [0.1, 0.15) is 57.1 Å². The topological polar surface area (TPSA) is 12.0 Å². The molecule has 1 fully saturated rings. The zero-order chi connectivity index (χ0) is 12.8. The van der Waals surface area contributed by atoms with Crippen LogP contribution < -0.4 is 5.32 Å². The molecule has 0 aliphatic heterocycles. The number of nitrogens with one attached hydrogen (secondary N) is 1. The molecule has 18 heavy (non-hydrogen) atoms. The smallest absolute Gasteiger partial charge is 0.0349 e. The molecule has 100 valence electrons. The van der Waals surface area contributed by atoms with Gasteiger partial charge in [0.1, 0.15) is 0 Å². The Balaban J connectivity index is 2.12. The van der Waals surface area contributed by atoms with Crippen molar-refractivity contribution in [2.24, 2.45) is 5.92 Å². The Morgan fingerprint density at radius 3 is 2.72 bits per heavy atom. The first kappa shape index (κ1) is 14.3. The molecule has 1 aromatic carbocycles. The number of hydrogen-bond acceptors (Lipinski definition) is 1. The maximum absolute atomic E-state index is 3.78. The highest BCUT2D eigenvalue weighted by Crippen LogP contribution is 2.34. The van der Waals surface area contributed by atoms with Gasteiger partial charge in [-0.05, 0) is 72.0 Å². The van der Waals surface area contributed by atoms with Gasteiger partial charge >= 0.3 is 0 Å². The van der Waals surface area contributed by atoms with Crippen molar-refractivity contribution >= 4 is 22.6 Å². The fourth-order valence-electron chi connectivity index (χ4n) is 3.02. The summed E-state index contributed by atoms with van der Waals surface area (Å²) in [6.07, 6.45) is 8.27. The van der Waals surface area contributed by atoms with E-state index in [1.807, 2.05) is 0 Å². The molecule has 1 nitrogen and oxygen atoms in total. The molecule has 1 unspecified atom stereocenters. The van der Waals surface area contributed by atoms with Crippen molar-refractivity contribution in [3.05, 3.63) is 33.4 Å². The van der Waals surface area contributed by atoms with Crippen LogP contribution in [0, 0.1) is 9.49 Å². The summed E-state index contributed by atoms with van der Waals surface area (Å²) in [6.45, 7) is 3.38. The lowest BCUT2D eigenvalue weighted by Gasteiger charge is -2.31. The second-order valence-corrected chi connectivity index (χ2v) is 6.63. The van der Waals surface area contributed by atoms with Gasteiger partial charge in [0, 0.05) is 9.61 Å². The first-order valence-corrected chi connectivity index (χ1v) is 8.38. The lowest BCUT2D eigenvalue weighted by molar-refractivity contribution is 0.272. The Bertz CT molecular complexity index is 358. The van der Waals surface area contributed by atoms with Crippen molar-refractivity contribution in [3.8, 4) is 0 Å². The van der Waals surface area contributed by atoms with Crippen LogP contribution in [0.5, 0.6) is 0 Å². The molecule has 1 aromatic rings. The van der Waals surface area contributed by atoms with E-state index < -0.39 is 0 Å². The van der Waals surface area contributed by atoms with Crippen LogP contribution in [0.3, 0.4) is 0 Å². The van der Waals surface area contributed by atoms with Crippen molar-refractivity contribution in [3.63, 3.8) is 0 Å². The predicted molar refractivity (Wildman–Crippen MR) is 86.8 cm³/mol. The molecule has 1 atom stereocenters. The third-order valence-electron chi connectivity index (χ3n) is 3.94. The Morgan fingerprint density at radius 2 is 2.06 bits per heavy atom. The van der Waals surface area contributed by atoms with Crippen molar-refractivity contribution < 1.29 is 0 Å². The average Bonchev–Trinajstić information content (AvgIpc) is 2.40. The van der Waals surface area contributed by atoms with Crippen LogP contribution in [0.2, 0.25) is 0 Å². The highest BCUT2D eigenvalue weighted by molar-refractivity contribution is 14.1. The molecule has 0 amide bonds. The minimum atomic E-state index is 0.569. The van der Waals surface area contributed by atoms with E-state index in [1.165, 1.54) is 47.7 Å². The van der Waals surface area contributed by atoms with Gasteiger partial charge in [0.25, 0.3) is 0 Å². The van der Waals surface area contributed by atoms with Gasteiger partial charge in [-0.1, -0.05) is 38.3 Å². The van der Waals surface area contributed by atoms with E-state index in [0.29, 0.717) is 6.04 Å². The van der Waals surface area contributed by atoms with Crippen LogP contribution in [0.15, 0.2) is 24.3 Å². The van der Waals surface area contributed by atoms with Gasteiger partial charge in [-0.15, -0.1) is 0 Å². The Hall–Kier alpha value is -0.0900. The van der Waals surface area contributed by atoms with Crippen LogP contribution in [0.4, 0.5) is 0 Å². The third-order valence-corrected chi connectivity index (χ3v) is 4.61.